The van der Waals surface area contributed by atoms with E-state index in [2.05, 4.69) is 0 Å². The highest BCUT2D eigenvalue weighted by molar-refractivity contribution is 7.17. The molecule has 0 radical (unpaired) electrons. The summed E-state index contributed by atoms with van der Waals surface area (Å²) in [6.45, 7) is 0. The molecule has 0 amide bonds. The fourth-order valence-electron chi connectivity index (χ4n) is 1.48. The lowest BCUT2D eigenvalue weighted by atomic mass is 10.1. The lowest BCUT2D eigenvalue weighted by Crippen LogP contribution is -1.96. The van der Waals surface area contributed by atoms with Gasteiger partial charge in [-0.2, -0.15) is 0 Å². The van der Waals surface area contributed by atoms with Crippen LogP contribution in [0.1, 0.15) is 10.4 Å². The van der Waals surface area contributed by atoms with Crippen molar-refractivity contribution in [3.05, 3.63) is 23.1 Å². The minimum Gasteiger partial charge on any atom is -0.494 e. The molecular weight excluding hydrogens is 198 g/mol. The van der Waals surface area contributed by atoms with Crippen LogP contribution in [0.3, 0.4) is 0 Å². The van der Waals surface area contributed by atoms with Crippen LogP contribution in [0, 0.1) is 0 Å². The Labute approximate surface area is 85.1 Å². The van der Waals surface area contributed by atoms with Gasteiger partial charge in [0.25, 0.3) is 0 Å². The molecule has 2 N–H and O–H groups in total. The fraction of sp³-hybridized carbons (Fsp3) is 0.100. The van der Waals surface area contributed by atoms with E-state index in [1.165, 1.54) is 18.4 Å². The Balaban J connectivity index is 2.88. The van der Waals surface area contributed by atoms with Crippen molar-refractivity contribution in [3.8, 4) is 5.75 Å². The molecule has 4 heteroatoms. The first-order valence-electron chi connectivity index (χ1n) is 4.06. The highest BCUT2D eigenvalue weighted by atomic mass is 32.1. The Hall–Kier alpha value is -1.55. The van der Waals surface area contributed by atoms with Crippen LogP contribution < -0.4 is 10.5 Å². The predicted molar refractivity (Wildman–Crippen MR) is 58.2 cm³/mol. The van der Waals surface area contributed by atoms with E-state index in [1.807, 2.05) is 17.5 Å². The molecule has 14 heavy (non-hydrogen) atoms. The molecular formula is C10H9NO2S. The molecule has 0 saturated carbocycles. The first-order valence-corrected chi connectivity index (χ1v) is 4.94. The van der Waals surface area contributed by atoms with Gasteiger partial charge in [0.1, 0.15) is 0 Å². The number of benzene rings is 1. The van der Waals surface area contributed by atoms with Crippen LogP contribution in [-0.4, -0.2) is 13.4 Å². The van der Waals surface area contributed by atoms with Gasteiger partial charge in [-0.05, 0) is 22.9 Å². The standard InChI is InChI=1S/C10H9NO2S/c1-13-9-7(5-12)10-6(2-3-14-10)4-8(9)11/h2-5H,11H2,1H3. The van der Waals surface area contributed by atoms with Crippen molar-refractivity contribution in [1.82, 2.24) is 0 Å². The largest absolute Gasteiger partial charge is 0.494 e. The summed E-state index contributed by atoms with van der Waals surface area (Å²) in [6.07, 6.45) is 0.786. The first kappa shape index (κ1) is 9.02. The number of nitrogens with two attached hydrogens (primary N) is 1. The second-order valence-electron chi connectivity index (χ2n) is 2.87. The maximum Gasteiger partial charge on any atom is 0.155 e. The highest BCUT2D eigenvalue weighted by Gasteiger charge is 2.12. The van der Waals surface area contributed by atoms with E-state index in [9.17, 15) is 4.79 Å². The number of thiophene rings is 1. The molecule has 0 bridgehead atoms. The second-order valence-corrected chi connectivity index (χ2v) is 3.79. The molecule has 0 atom stereocenters. The topological polar surface area (TPSA) is 52.3 Å². The number of hydrogen-bond acceptors (Lipinski definition) is 4. The van der Waals surface area contributed by atoms with E-state index < -0.39 is 0 Å². The Morgan fingerprint density at radius 3 is 3.00 bits per heavy atom. The van der Waals surface area contributed by atoms with E-state index in [1.54, 1.807) is 0 Å². The number of anilines is 1. The number of nitrogen functional groups attached to an aromatic ring is 1. The lowest BCUT2D eigenvalue weighted by molar-refractivity contribution is 0.112. The number of methoxy groups -OCH3 is 1. The smallest absolute Gasteiger partial charge is 0.155 e. The number of carbonyl (C=O) groups is 1. The van der Waals surface area contributed by atoms with Gasteiger partial charge in [0.05, 0.1) is 18.4 Å². The van der Waals surface area contributed by atoms with E-state index in [0.29, 0.717) is 17.0 Å². The summed E-state index contributed by atoms with van der Waals surface area (Å²) in [5, 5.41) is 2.91. The molecule has 0 fully saturated rings. The third-order valence-corrected chi connectivity index (χ3v) is 3.04. The van der Waals surface area contributed by atoms with Gasteiger partial charge in [-0.15, -0.1) is 11.3 Å². The summed E-state index contributed by atoms with van der Waals surface area (Å²) in [7, 11) is 1.51. The van der Waals surface area contributed by atoms with E-state index in [-0.39, 0.29) is 0 Å². The van der Waals surface area contributed by atoms with Crippen LogP contribution in [0.2, 0.25) is 0 Å². The van der Waals surface area contributed by atoms with Gasteiger partial charge in [0.15, 0.2) is 12.0 Å². The number of aldehydes is 1. The zero-order chi connectivity index (χ0) is 10.1. The zero-order valence-corrected chi connectivity index (χ0v) is 8.43. The van der Waals surface area contributed by atoms with Crippen LogP contribution in [0.25, 0.3) is 10.1 Å². The summed E-state index contributed by atoms with van der Waals surface area (Å²) >= 11 is 1.51. The van der Waals surface area contributed by atoms with Crippen molar-refractivity contribution < 1.29 is 9.53 Å². The third kappa shape index (κ3) is 1.15. The molecule has 0 aliphatic heterocycles. The van der Waals surface area contributed by atoms with Crippen molar-refractivity contribution in [1.29, 1.82) is 0 Å². The van der Waals surface area contributed by atoms with E-state index in [0.717, 1.165) is 16.4 Å². The third-order valence-electron chi connectivity index (χ3n) is 2.08. The van der Waals surface area contributed by atoms with Gasteiger partial charge in [0.2, 0.25) is 0 Å². The molecule has 0 spiro atoms. The van der Waals surface area contributed by atoms with Gasteiger partial charge in [0, 0.05) is 4.70 Å². The average Bonchev–Trinajstić information content (AvgIpc) is 2.62. The Morgan fingerprint density at radius 2 is 2.36 bits per heavy atom. The number of ether oxygens (including phenoxy) is 1. The Morgan fingerprint density at radius 1 is 1.57 bits per heavy atom. The van der Waals surface area contributed by atoms with Crippen molar-refractivity contribution in [3.63, 3.8) is 0 Å². The lowest BCUT2D eigenvalue weighted by Gasteiger charge is -2.07. The predicted octanol–water partition coefficient (Wildman–Crippen LogP) is 2.30. The molecule has 0 unspecified atom stereocenters. The summed E-state index contributed by atoms with van der Waals surface area (Å²) in [4.78, 5) is 10.9. The normalized spacial score (nSPS) is 10.4. The van der Waals surface area contributed by atoms with Gasteiger partial charge in [-0.1, -0.05) is 0 Å². The van der Waals surface area contributed by atoms with E-state index >= 15 is 0 Å². The van der Waals surface area contributed by atoms with Crippen LogP contribution in [-0.2, 0) is 0 Å². The molecule has 2 aromatic rings. The minimum atomic E-state index is 0.468. The van der Waals surface area contributed by atoms with Crippen molar-refractivity contribution >= 4 is 33.4 Å². The highest BCUT2D eigenvalue weighted by Crippen LogP contribution is 2.35. The van der Waals surface area contributed by atoms with Crippen LogP contribution >= 0.6 is 11.3 Å². The number of rotatable bonds is 2. The molecule has 3 nitrogen and oxygen atoms in total. The average molecular weight is 207 g/mol. The Kier molecular flexibility index (Phi) is 2.13. The summed E-state index contributed by atoms with van der Waals surface area (Å²) in [6, 6.07) is 3.75. The van der Waals surface area contributed by atoms with Crippen molar-refractivity contribution in [2.24, 2.45) is 0 Å². The summed E-state index contributed by atoms with van der Waals surface area (Å²) in [5.41, 5.74) is 6.79. The zero-order valence-electron chi connectivity index (χ0n) is 7.61. The maximum absolute atomic E-state index is 10.9. The molecule has 1 aromatic carbocycles. The summed E-state index contributed by atoms with van der Waals surface area (Å²) in [5.74, 6) is 0.468. The van der Waals surface area contributed by atoms with Crippen LogP contribution in [0.15, 0.2) is 17.5 Å². The number of carbonyl (C=O) groups excluding carboxylic acids is 1. The van der Waals surface area contributed by atoms with Crippen molar-refractivity contribution in [2.75, 3.05) is 12.8 Å². The van der Waals surface area contributed by atoms with Crippen molar-refractivity contribution in [2.45, 2.75) is 0 Å². The van der Waals surface area contributed by atoms with Gasteiger partial charge in [-0.3, -0.25) is 4.79 Å². The SMILES string of the molecule is COc1c(N)cc2ccsc2c1C=O. The number of hydrogen-bond donors (Lipinski definition) is 1. The van der Waals surface area contributed by atoms with Gasteiger partial charge >= 0.3 is 0 Å². The number of fused-ring (bicyclic) bond motifs is 1. The molecule has 0 aliphatic carbocycles. The van der Waals surface area contributed by atoms with Gasteiger partial charge < -0.3 is 10.5 Å². The monoisotopic (exact) mass is 207 g/mol. The molecule has 1 heterocycles. The van der Waals surface area contributed by atoms with Crippen LogP contribution in [0.4, 0.5) is 5.69 Å². The maximum atomic E-state index is 10.9. The second kappa shape index (κ2) is 3.31. The molecule has 1 aromatic heterocycles. The molecule has 0 saturated heterocycles. The quantitative estimate of drug-likeness (QED) is 0.607. The molecule has 72 valence electrons. The molecule has 0 aliphatic rings. The Bertz CT molecular complexity index is 490. The fourth-order valence-corrected chi connectivity index (χ4v) is 2.36. The summed E-state index contributed by atoms with van der Waals surface area (Å²) < 4.78 is 6.02. The van der Waals surface area contributed by atoms with Gasteiger partial charge in [-0.25, -0.2) is 0 Å². The minimum absolute atomic E-state index is 0.468. The van der Waals surface area contributed by atoms with E-state index in [4.69, 9.17) is 10.5 Å². The molecule has 2 rings (SSSR count). The first-order chi connectivity index (χ1) is 6.77. The van der Waals surface area contributed by atoms with Crippen LogP contribution in [0.5, 0.6) is 5.75 Å².